The number of carbonyl (C=O) groups is 3. The molecule has 0 amide bonds. The zero-order chi connectivity index (χ0) is 58.5. The SMILES string of the molecule is CCCCCCCC/C=C\CCCCCCCCCCCC(=O)OC(COC(=O)CCCCCCC/C=C\CCCCCCCCC)COC(=O)CCCCCCCCCCCCCCCCCCCCCCCCCCCCCC. The third-order valence-electron chi connectivity index (χ3n) is 16.9. The van der Waals surface area contributed by atoms with Crippen molar-refractivity contribution in [2.24, 2.45) is 0 Å². The number of carbonyl (C=O) groups excluding carboxylic acids is 3. The summed E-state index contributed by atoms with van der Waals surface area (Å²) in [6.07, 6.45) is 86.5. The Bertz CT molecular complexity index is 1310. The van der Waals surface area contributed by atoms with E-state index in [2.05, 4.69) is 45.1 Å². The lowest BCUT2D eigenvalue weighted by molar-refractivity contribution is -0.167. The minimum Gasteiger partial charge on any atom is -0.462 e. The second-order valence-corrected chi connectivity index (χ2v) is 25.2. The zero-order valence-corrected chi connectivity index (χ0v) is 55.1. The quantitative estimate of drug-likeness (QED) is 0.0261. The van der Waals surface area contributed by atoms with Crippen molar-refractivity contribution in [3.05, 3.63) is 24.3 Å². The van der Waals surface area contributed by atoms with Gasteiger partial charge in [-0.2, -0.15) is 0 Å². The Kier molecular flexibility index (Phi) is 68.5. The number of hydrogen-bond acceptors (Lipinski definition) is 6. The summed E-state index contributed by atoms with van der Waals surface area (Å²) in [5, 5.41) is 0. The van der Waals surface area contributed by atoms with Crippen LogP contribution < -0.4 is 0 Å². The van der Waals surface area contributed by atoms with Crippen molar-refractivity contribution in [3.8, 4) is 0 Å². The minimum absolute atomic E-state index is 0.0691. The van der Waals surface area contributed by atoms with Crippen LogP contribution in [0.5, 0.6) is 0 Å². The number of hydrogen-bond donors (Lipinski definition) is 0. The molecule has 0 aromatic carbocycles. The van der Waals surface area contributed by atoms with E-state index < -0.39 is 6.10 Å². The van der Waals surface area contributed by atoms with E-state index in [-0.39, 0.29) is 31.1 Å². The fourth-order valence-electron chi connectivity index (χ4n) is 11.4. The average molecular weight is 1140 g/mol. The van der Waals surface area contributed by atoms with Crippen LogP contribution in [0.1, 0.15) is 419 Å². The summed E-state index contributed by atoms with van der Waals surface area (Å²) in [7, 11) is 0. The van der Waals surface area contributed by atoms with Crippen LogP contribution in [0.25, 0.3) is 0 Å². The predicted molar refractivity (Wildman–Crippen MR) is 353 cm³/mol. The van der Waals surface area contributed by atoms with Gasteiger partial charge in [-0.15, -0.1) is 0 Å². The zero-order valence-electron chi connectivity index (χ0n) is 55.1. The van der Waals surface area contributed by atoms with Gasteiger partial charge in [0, 0.05) is 19.3 Å². The Labute approximate surface area is 506 Å². The van der Waals surface area contributed by atoms with Crippen molar-refractivity contribution in [1.82, 2.24) is 0 Å². The van der Waals surface area contributed by atoms with E-state index in [1.54, 1.807) is 0 Å². The topological polar surface area (TPSA) is 78.9 Å². The molecular weight excluding hydrogens is 997 g/mol. The molecule has 6 nitrogen and oxygen atoms in total. The molecule has 0 bridgehead atoms. The molecule has 0 aromatic rings. The number of allylic oxidation sites excluding steroid dienone is 4. The molecular formula is C75H142O6. The van der Waals surface area contributed by atoms with Gasteiger partial charge in [0.15, 0.2) is 6.10 Å². The van der Waals surface area contributed by atoms with E-state index in [9.17, 15) is 14.4 Å². The lowest BCUT2D eigenvalue weighted by Crippen LogP contribution is -2.30. The molecule has 6 heteroatoms. The third kappa shape index (κ3) is 68.6. The molecule has 0 aromatic heterocycles. The van der Waals surface area contributed by atoms with Crippen molar-refractivity contribution in [1.29, 1.82) is 0 Å². The molecule has 0 N–H and O–H groups in total. The lowest BCUT2D eigenvalue weighted by atomic mass is 10.0. The molecule has 0 aliphatic carbocycles. The molecule has 1 atom stereocenters. The van der Waals surface area contributed by atoms with Crippen LogP contribution in [-0.4, -0.2) is 37.2 Å². The highest BCUT2D eigenvalue weighted by Gasteiger charge is 2.19. The maximum absolute atomic E-state index is 13.0. The molecule has 0 saturated carbocycles. The standard InChI is InChI=1S/C75H142O6/c1-4-7-10-13-16-19-22-25-28-31-33-34-35-36-37-38-39-40-41-43-44-47-50-53-56-59-62-65-68-74(77)80-71-72(70-79-73(76)67-64-61-58-55-52-49-46-30-27-24-21-18-15-12-9-6-3)81-75(78)69-66-63-60-57-54-51-48-45-42-32-29-26-23-20-17-14-11-8-5-2/h26,29-30,46,72H,4-25,27-28,31-45,47-71H2,1-3H3/b29-26-,46-30-. The fourth-order valence-corrected chi connectivity index (χ4v) is 11.4. The Morgan fingerprint density at radius 1 is 0.235 bits per heavy atom. The van der Waals surface area contributed by atoms with Gasteiger partial charge < -0.3 is 14.2 Å². The van der Waals surface area contributed by atoms with Crippen LogP contribution >= 0.6 is 0 Å². The highest BCUT2D eigenvalue weighted by Crippen LogP contribution is 2.19. The van der Waals surface area contributed by atoms with Gasteiger partial charge in [-0.1, -0.05) is 353 Å². The molecule has 0 fully saturated rings. The molecule has 1 unspecified atom stereocenters. The number of ether oxygens (including phenoxy) is 3. The number of unbranched alkanes of at least 4 members (excludes halogenated alkanes) is 54. The van der Waals surface area contributed by atoms with Crippen LogP contribution in [0.15, 0.2) is 24.3 Å². The van der Waals surface area contributed by atoms with E-state index >= 15 is 0 Å². The maximum atomic E-state index is 13.0. The van der Waals surface area contributed by atoms with Crippen molar-refractivity contribution in [2.75, 3.05) is 13.2 Å². The summed E-state index contributed by atoms with van der Waals surface area (Å²) < 4.78 is 17.0. The van der Waals surface area contributed by atoms with Crippen LogP contribution in [0, 0.1) is 0 Å². The average Bonchev–Trinajstić information content (AvgIpc) is 3.47. The maximum Gasteiger partial charge on any atom is 0.306 e. The Morgan fingerprint density at radius 2 is 0.407 bits per heavy atom. The van der Waals surface area contributed by atoms with Gasteiger partial charge in [0.25, 0.3) is 0 Å². The first-order valence-corrected chi connectivity index (χ1v) is 36.8. The van der Waals surface area contributed by atoms with Crippen molar-refractivity contribution in [2.45, 2.75) is 425 Å². The first-order valence-electron chi connectivity index (χ1n) is 36.8. The lowest BCUT2D eigenvalue weighted by Gasteiger charge is -2.18. The molecule has 81 heavy (non-hydrogen) atoms. The van der Waals surface area contributed by atoms with Crippen molar-refractivity contribution in [3.63, 3.8) is 0 Å². The van der Waals surface area contributed by atoms with Crippen LogP contribution in [-0.2, 0) is 28.6 Å². The highest BCUT2D eigenvalue weighted by atomic mass is 16.6. The molecule has 0 rings (SSSR count). The van der Waals surface area contributed by atoms with E-state index in [0.29, 0.717) is 19.3 Å². The second-order valence-electron chi connectivity index (χ2n) is 25.2. The summed E-state index contributed by atoms with van der Waals surface area (Å²) in [4.78, 5) is 38.5. The highest BCUT2D eigenvalue weighted by molar-refractivity contribution is 5.71. The molecule has 0 heterocycles. The van der Waals surface area contributed by atoms with Gasteiger partial charge in [-0.05, 0) is 70.6 Å². The third-order valence-corrected chi connectivity index (χ3v) is 16.9. The minimum atomic E-state index is -0.774. The van der Waals surface area contributed by atoms with Gasteiger partial charge in [-0.25, -0.2) is 0 Å². The smallest absolute Gasteiger partial charge is 0.306 e. The Balaban J connectivity index is 4.22. The Morgan fingerprint density at radius 3 is 0.617 bits per heavy atom. The molecule has 0 radical (unpaired) electrons. The number of rotatable bonds is 69. The monoisotopic (exact) mass is 1140 g/mol. The number of esters is 3. The van der Waals surface area contributed by atoms with Gasteiger partial charge in [-0.3, -0.25) is 14.4 Å². The normalized spacial score (nSPS) is 12.1. The summed E-state index contributed by atoms with van der Waals surface area (Å²) in [6.45, 7) is 6.71. The first kappa shape index (κ1) is 78.9. The summed E-state index contributed by atoms with van der Waals surface area (Å²) in [5.41, 5.74) is 0. The fraction of sp³-hybridized carbons (Fsp3) is 0.907. The van der Waals surface area contributed by atoms with E-state index in [1.165, 1.54) is 315 Å². The van der Waals surface area contributed by atoms with E-state index in [1.807, 2.05) is 0 Å². The molecule has 0 aliphatic heterocycles. The van der Waals surface area contributed by atoms with E-state index in [0.717, 1.165) is 64.2 Å². The van der Waals surface area contributed by atoms with Gasteiger partial charge >= 0.3 is 17.9 Å². The molecule has 478 valence electrons. The predicted octanol–water partition coefficient (Wildman–Crippen LogP) is 25.3. The molecule has 0 aliphatic rings. The molecule has 0 saturated heterocycles. The molecule has 0 spiro atoms. The van der Waals surface area contributed by atoms with Crippen molar-refractivity contribution < 1.29 is 28.6 Å². The van der Waals surface area contributed by atoms with E-state index in [4.69, 9.17) is 14.2 Å². The van der Waals surface area contributed by atoms with Crippen LogP contribution in [0.4, 0.5) is 0 Å². The first-order chi connectivity index (χ1) is 40.0. The van der Waals surface area contributed by atoms with Crippen LogP contribution in [0.2, 0.25) is 0 Å². The summed E-state index contributed by atoms with van der Waals surface area (Å²) in [5.74, 6) is -0.847. The summed E-state index contributed by atoms with van der Waals surface area (Å²) >= 11 is 0. The van der Waals surface area contributed by atoms with Crippen LogP contribution in [0.3, 0.4) is 0 Å². The second kappa shape index (κ2) is 70.4. The van der Waals surface area contributed by atoms with Crippen molar-refractivity contribution >= 4 is 17.9 Å². The van der Waals surface area contributed by atoms with Gasteiger partial charge in [0.2, 0.25) is 0 Å². The Hall–Kier alpha value is -2.11. The summed E-state index contributed by atoms with van der Waals surface area (Å²) in [6, 6.07) is 0. The largest absolute Gasteiger partial charge is 0.462 e. The van der Waals surface area contributed by atoms with Gasteiger partial charge in [0.1, 0.15) is 13.2 Å². The van der Waals surface area contributed by atoms with Gasteiger partial charge in [0.05, 0.1) is 0 Å².